The number of ether oxygens (including phenoxy) is 1. The molecule has 1 saturated carbocycles. The molecule has 3 unspecified atom stereocenters. The second kappa shape index (κ2) is 8.32. The van der Waals surface area contributed by atoms with Gasteiger partial charge in [-0.05, 0) is 38.5 Å². The molecule has 3 aromatic rings. The van der Waals surface area contributed by atoms with Crippen molar-refractivity contribution in [2.24, 2.45) is 0 Å². The van der Waals surface area contributed by atoms with Crippen molar-refractivity contribution in [2.45, 2.75) is 50.8 Å². The van der Waals surface area contributed by atoms with Gasteiger partial charge in [0.25, 0.3) is 5.92 Å². The average molecular weight is 500 g/mol. The third-order valence-electron chi connectivity index (χ3n) is 8.01. The van der Waals surface area contributed by atoms with E-state index in [0.29, 0.717) is 30.5 Å². The van der Waals surface area contributed by atoms with E-state index < -0.39 is 18.1 Å². The largest absolute Gasteiger partial charge is 0.389 e. The summed E-state index contributed by atoms with van der Waals surface area (Å²) in [5.41, 5.74) is 4.00. The second-order valence-corrected chi connectivity index (χ2v) is 10.4. The highest BCUT2D eigenvalue weighted by molar-refractivity contribution is 5.84. The van der Waals surface area contributed by atoms with Crippen molar-refractivity contribution >= 4 is 28.2 Å². The van der Waals surface area contributed by atoms with Crippen LogP contribution in [-0.2, 0) is 4.74 Å². The molecule has 2 aromatic heterocycles. The Morgan fingerprint density at radius 1 is 1.14 bits per heavy atom. The molecule has 36 heavy (non-hydrogen) atoms. The number of hydrogen-bond donors (Lipinski definition) is 2. The Bertz CT molecular complexity index is 1310. The number of nitrogens with zero attached hydrogens (tertiary/aromatic N) is 6. The number of aryl methyl sites for hydroxylation is 1. The number of halogens is 2. The molecule has 3 atom stereocenters. The van der Waals surface area contributed by atoms with E-state index >= 15 is 0 Å². The van der Waals surface area contributed by atoms with Gasteiger partial charge in [0.05, 0.1) is 48.0 Å². The molecule has 0 amide bonds. The van der Waals surface area contributed by atoms with E-state index in [4.69, 9.17) is 9.72 Å². The van der Waals surface area contributed by atoms with Gasteiger partial charge in [-0.3, -0.25) is 9.58 Å². The van der Waals surface area contributed by atoms with Crippen LogP contribution in [0.5, 0.6) is 0 Å². The van der Waals surface area contributed by atoms with Crippen LogP contribution >= 0.6 is 0 Å². The fourth-order valence-electron chi connectivity index (χ4n) is 5.44. The van der Waals surface area contributed by atoms with Gasteiger partial charge in [-0.25, -0.2) is 18.7 Å². The van der Waals surface area contributed by atoms with Crippen molar-refractivity contribution in [2.75, 3.05) is 49.6 Å². The number of rotatable bonds is 5. The molecule has 0 radical (unpaired) electrons. The molecule has 9 nitrogen and oxygen atoms in total. The number of anilines is 3. The van der Waals surface area contributed by atoms with Crippen molar-refractivity contribution in [3.63, 3.8) is 0 Å². The lowest BCUT2D eigenvalue weighted by molar-refractivity contribution is 0.00882. The number of aromatic nitrogens is 4. The average Bonchev–Trinajstić information content (AvgIpc) is 3.13. The normalized spacial score (nSPS) is 28.1. The minimum absolute atomic E-state index is 0.175. The molecular weight excluding hydrogens is 468 g/mol. The Morgan fingerprint density at radius 3 is 2.56 bits per heavy atom. The number of piperazine rings is 1. The van der Waals surface area contributed by atoms with Crippen LogP contribution in [0.15, 0.2) is 24.5 Å². The van der Waals surface area contributed by atoms with Gasteiger partial charge in [-0.2, -0.15) is 5.10 Å². The smallest absolute Gasteiger partial charge is 0.272 e. The summed E-state index contributed by atoms with van der Waals surface area (Å²) in [6.07, 6.45) is 2.68. The second-order valence-electron chi connectivity index (χ2n) is 10.4. The molecule has 2 N–H and O–H groups in total. The summed E-state index contributed by atoms with van der Waals surface area (Å²) in [4.78, 5) is 13.8. The van der Waals surface area contributed by atoms with Crippen LogP contribution in [0.25, 0.3) is 10.9 Å². The monoisotopic (exact) mass is 499 g/mol. The topological polar surface area (TPSA) is 91.6 Å². The summed E-state index contributed by atoms with van der Waals surface area (Å²) in [6.45, 7) is 10.3. The van der Waals surface area contributed by atoms with Gasteiger partial charge in [-0.15, -0.1) is 0 Å². The number of aliphatic hydroxyl groups excluding tert-OH is 1. The molecule has 4 heterocycles. The van der Waals surface area contributed by atoms with Crippen LogP contribution in [0, 0.1) is 13.8 Å². The number of aliphatic hydroxyl groups is 1. The van der Waals surface area contributed by atoms with Crippen LogP contribution < -0.4 is 10.2 Å². The van der Waals surface area contributed by atoms with Crippen molar-refractivity contribution in [3.8, 4) is 0 Å². The molecule has 1 aliphatic carbocycles. The lowest BCUT2D eigenvalue weighted by Crippen LogP contribution is -2.60. The van der Waals surface area contributed by atoms with Crippen LogP contribution in [0.4, 0.5) is 26.1 Å². The molecular formula is C25H31F2N7O2. The molecule has 0 spiro atoms. The van der Waals surface area contributed by atoms with Gasteiger partial charge in [0.1, 0.15) is 6.04 Å². The van der Waals surface area contributed by atoms with Crippen LogP contribution in [-0.4, -0.2) is 86.7 Å². The number of nitrogens with one attached hydrogen (secondary N) is 1. The fraction of sp³-hybridized carbons (Fsp3) is 0.560. The van der Waals surface area contributed by atoms with E-state index in [9.17, 15) is 13.9 Å². The van der Waals surface area contributed by atoms with Crippen molar-refractivity contribution < 1.29 is 18.6 Å². The number of alkyl halides is 2. The maximum Gasteiger partial charge on any atom is 0.272 e. The predicted molar refractivity (Wildman–Crippen MR) is 132 cm³/mol. The first kappa shape index (κ1) is 23.5. The summed E-state index contributed by atoms with van der Waals surface area (Å²) >= 11 is 0. The minimum Gasteiger partial charge on any atom is -0.389 e. The molecule has 6 rings (SSSR count). The zero-order valence-electron chi connectivity index (χ0n) is 20.7. The first-order valence-electron chi connectivity index (χ1n) is 12.4. The first-order chi connectivity index (χ1) is 17.2. The minimum atomic E-state index is -2.68. The quantitative estimate of drug-likeness (QED) is 0.554. The molecule has 192 valence electrons. The van der Waals surface area contributed by atoms with Gasteiger partial charge < -0.3 is 20.1 Å². The van der Waals surface area contributed by atoms with Crippen LogP contribution in [0.1, 0.15) is 30.6 Å². The molecule has 3 aliphatic rings. The van der Waals surface area contributed by atoms with Crippen molar-refractivity contribution in [3.05, 3.63) is 35.8 Å². The Balaban J connectivity index is 1.20. The highest BCUT2D eigenvalue weighted by atomic mass is 19.3. The molecule has 2 aliphatic heterocycles. The summed E-state index contributed by atoms with van der Waals surface area (Å²) in [7, 11) is 0. The third kappa shape index (κ3) is 3.89. The Morgan fingerprint density at radius 2 is 1.89 bits per heavy atom. The van der Waals surface area contributed by atoms with Crippen molar-refractivity contribution in [1.29, 1.82) is 0 Å². The maximum absolute atomic E-state index is 13.5. The van der Waals surface area contributed by atoms with E-state index in [2.05, 4.69) is 51.2 Å². The predicted octanol–water partition coefficient (Wildman–Crippen LogP) is 3.04. The zero-order chi connectivity index (χ0) is 25.2. The number of hydrogen-bond acceptors (Lipinski definition) is 8. The number of fused-ring (bicyclic) bond motifs is 1. The van der Waals surface area contributed by atoms with E-state index in [1.165, 1.54) is 4.68 Å². The van der Waals surface area contributed by atoms with Gasteiger partial charge >= 0.3 is 0 Å². The fourth-order valence-corrected chi connectivity index (χ4v) is 5.44. The molecule has 2 saturated heterocycles. The molecule has 3 fully saturated rings. The van der Waals surface area contributed by atoms with Gasteiger partial charge in [0.15, 0.2) is 0 Å². The summed E-state index contributed by atoms with van der Waals surface area (Å²) in [5, 5.41) is 18.6. The maximum atomic E-state index is 13.5. The lowest BCUT2D eigenvalue weighted by atomic mass is 9.95. The van der Waals surface area contributed by atoms with E-state index in [-0.39, 0.29) is 12.0 Å². The Labute approximate surface area is 208 Å². The molecule has 0 bridgehead atoms. The molecule has 1 aromatic carbocycles. The van der Waals surface area contributed by atoms with Gasteiger partial charge in [-0.1, -0.05) is 0 Å². The highest BCUT2D eigenvalue weighted by Gasteiger charge is 2.59. The lowest BCUT2D eigenvalue weighted by Gasteiger charge is -2.45. The summed E-state index contributed by atoms with van der Waals surface area (Å²) in [6, 6.07) is 3.31. The van der Waals surface area contributed by atoms with Crippen LogP contribution in [0.2, 0.25) is 0 Å². The summed E-state index contributed by atoms with van der Waals surface area (Å²) in [5.74, 6) is -2.29. The van der Waals surface area contributed by atoms with Crippen molar-refractivity contribution in [1.82, 2.24) is 24.6 Å². The standard InChI is InChI=1S/C25H31F2N7O2/c1-15-8-17-11-28-23(31-19-12-29-34(16(19)2)21-10-25(21,26)27)30-18(17)9-20(15)32-4-6-33(7-5-32)24(3)14-36-13-22(24)35/h8-9,11-12,21-22,35H,4-7,10,13-14H2,1-3H3,(H,28,30,31). The Hall–Kier alpha value is -2.89. The Kier molecular flexibility index (Phi) is 5.43. The number of benzene rings is 1. The van der Waals surface area contributed by atoms with Gasteiger partial charge in [0.2, 0.25) is 5.95 Å². The van der Waals surface area contributed by atoms with Gasteiger partial charge in [0, 0.05) is 49.9 Å². The van der Waals surface area contributed by atoms with E-state index in [1.54, 1.807) is 19.3 Å². The SMILES string of the molecule is Cc1cc2cnc(Nc3cnn(C4CC4(F)F)c3C)nc2cc1N1CCN(C2(C)COCC2O)CC1. The zero-order valence-corrected chi connectivity index (χ0v) is 20.7. The third-order valence-corrected chi connectivity index (χ3v) is 8.01. The van der Waals surface area contributed by atoms with Crippen LogP contribution in [0.3, 0.4) is 0 Å². The highest BCUT2D eigenvalue weighted by Crippen LogP contribution is 2.53. The first-order valence-corrected chi connectivity index (χ1v) is 12.4. The molecule has 11 heteroatoms. The van der Waals surface area contributed by atoms with E-state index in [1.807, 2.05) is 0 Å². The van der Waals surface area contributed by atoms with E-state index in [0.717, 1.165) is 48.3 Å². The summed E-state index contributed by atoms with van der Waals surface area (Å²) < 4.78 is 33.9.